The number of thiazole rings is 1. The van der Waals surface area contributed by atoms with E-state index in [1.54, 1.807) is 29.7 Å². The fraction of sp³-hybridized carbons (Fsp3) is 0.438. The van der Waals surface area contributed by atoms with Gasteiger partial charge in [-0.1, -0.05) is 32.9 Å². The zero-order chi connectivity index (χ0) is 16.4. The molecule has 0 unspecified atom stereocenters. The second-order valence-corrected chi connectivity index (χ2v) is 9.35. The van der Waals surface area contributed by atoms with Gasteiger partial charge in [0.15, 0.2) is 0 Å². The maximum absolute atomic E-state index is 12.3. The molecule has 1 aromatic heterocycles. The molecule has 0 fully saturated rings. The lowest BCUT2D eigenvalue weighted by Gasteiger charge is -2.19. The van der Waals surface area contributed by atoms with E-state index in [2.05, 4.69) is 30.5 Å². The van der Waals surface area contributed by atoms with E-state index in [0.717, 1.165) is 15.4 Å². The number of aromatic nitrogens is 1. The van der Waals surface area contributed by atoms with Gasteiger partial charge in [-0.3, -0.25) is 0 Å². The summed E-state index contributed by atoms with van der Waals surface area (Å²) in [4.78, 5) is 5.56. The van der Waals surface area contributed by atoms with Crippen molar-refractivity contribution in [3.05, 3.63) is 45.9 Å². The highest BCUT2D eigenvalue weighted by atomic mass is 32.2. The van der Waals surface area contributed by atoms with Crippen LogP contribution in [-0.2, 0) is 21.9 Å². The summed E-state index contributed by atoms with van der Waals surface area (Å²) in [5.41, 5.74) is 1.13. The molecule has 1 aromatic carbocycles. The topological polar surface area (TPSA) is 59.1 Å². The Morgan fingerprint density at radius 1 is 1.18 bits per heavy atom. The molecule has 0 aliphatic carbocycles. The van der Waals surface area contributed by atoms with E-state index in [-0.39, 0.29) is 5.41 Å². The molecule has 4 nitrogen and oxygen atoms in total. The third-order valence-corrected chi connectivity index (χ3v) is 5.81. The summed E-state index contributed by atoms with van der Waals surface area (Å²) in [7, 11) is -3.45. The molecule has 0 saturated carbocycles. The van der Waals surface area contributed by atoms with Crippen molar-refractivity contribution in [2.24, 2.45) is 0 Å². The molecule has 2 rings (SSSR count). The molecule has 1 N–H and O–H groups in total. The van der Waals surface area contributed by atoms with Crippen LogP contribution in [0.5, 0.6) is 0 Å². The van der Waals surface area contributed by atoms with Gasteiger partial charge in [-0.15, -0.1) is 11.3 Å². The van der Waals surface area contributed by atoms with Gasteiger partial charge in [-0.2, -0.15) is 0 Å². The first-order valence-corrected chi connectivity index (χ1v) is 9.50. The first-order chi connectivity index (χ1) is 10.2. The van der Waals surface area contributed by atoms with Crippen molar-refractivity contribution in [1.82, 2.24) is 9.71 Å². The summed E-state index contributed by atoms with van der Waals surface area (Å²) in [6.45, 7) is 8.63. The molecule has 6 heteroatoms. The molecule has 0 radical (unpaired) electrons. The van der Waals surface area contributed by atoms with Crippen LogP contribution in [-0.4, -0.2) is 19.9 Å². The van der Waals surface area contributed by atoms with E-state index < -0.39 is 10.0 Å². The molecule has 0 aliphatic heterocycles. The number of benzene rings is 1. The van der Waals surface area contributed by atoms with Gasteiger partial charge in [0.2, 0.25) is 10.0 Å². The van der Waals surface area contributed by atoms with Gasteiger partial charge in [-0.05, 0) is 36.5 Å². The van der Waals surface area contributed by atoms with Crippen LogP contribution in [0.15, 0.2) is 35.4 Å². The fourth-order valence-electron chi connectivity index (χ4n) is 2.05. The molecule has 0 amide bonds. The van der Waals surface area contributed by atoms with Crippen LogP contribution >= 0.6 is 11.3 Å². The average Bonchev–Trinajstić information content (AvgIpc) is 2.83. The van der Waals surface area contributed by atoms with E-state index in [1.807, 2.05) is 19.1 Å². The minimum Gasteiger partial charge on any atom is -0.250 e. The highest BCUT2D eigenvalue weighted by Gasteiger charge is 2.17. The molecular formula is C16H22N2O2S2. The Morgan fingerprint density at radius 2 is 1.82 bits per heavy atom. The predicted octanol–water partition coefficient (Wildman–Crippen LogP) is 3.27. The zero-order valence-electron chi connectivity index (χ0n) is 13.4. The van der Waals surface area contributed by atoms with Crippen LogP contribution in [0, 0.1) is 6.92 Å². The minimum atomic E-state index is -3.45. The molecule has 120 valence electrons. The SMILES string of the molecule is Cc1ncc(CCNS(=O)(=O)c2ccc(C(C)(C)C)cc2)s1. The summed E-state index contributed by atoms with van der Waals surface area (Å²) in [5, 5.41) is 0.996. The van der Waals surface area contributed by atoms with Crippen molar-refractivity contribution in [1.29, 1.82) is 0 Å². The normalized spacial score (nSPS) is 12.5. The first kappa shape index (κ1) is 17.1. The second kappa shape index (κ2) is 6.48. The van der Waals surface area contributed by atoms with E-state index >= 15 is 0 Å². The van der Waals surface area contributed by atoms with Crippen LogP contribution < -0.4 is 4.72 Å². The maximum atomic E-state index is 12.3. The maximum Gasteiger partial charge on any atom is 0.240 e. The smallest absolute Gasteiger partial charge is 0.240 e. The number of rotatable bonds is 5. The van der Waals surface area contributed by atoms with Gasteiger partial charge in [-0.25, -0.2) is 18.1 Å². The number of nitrogens with zero attached hydrogens (tertiary/aromatic N) is 1. The first-order valence-electron chi connectivity index (χ1n) is 7.20. The van der Waals surface area contributed by atoms with Crippen molar-refractivity contribution in [3.63, 3.8) is 0 Å². The van der Waals surface area contributed by atoms with Crippen LogP contribution in [0.2, 0.25) is 0 Å². The monoisotopic (exact) mass is 338 g/mol. The molecule has 22 heavy (non-hydrogen) atoms. The highest BCUT2D eigenvalue weighted by Crippen LogP contribution is 2.23. The van der Waals surface area contributed by atoms with Crippen molar-refractivity contribution in [3.8, 4) is 0 Å². The van der Waals surface area contributed by atoms with Gasteiger partial charge in [0, 0.05) is 17.6 Å². The van der Waals surface area contributed by atoms with Crippen molar-refractivity contribution < 1.29 is 8.42 Å². The third kappa shape index (κ3) is 4.38. The molecule has 0 bridgehead atoms. The van der Waals surface area contributed by atoms with Gasteiger partial charge in [0.05, 0.1) is 9.90 Å². The molecule has 0 saturated heterocycles. The lowest BCUT2D eigenvalue weighted by molar-refractivity contribution is 0.578. The Hall–Kier alpha value is -1.24. The molecule has 0 spiro atoms. The Kier molecular flexibility index (Phi) is 5.04. The van der Waals surface area contributed by atoms with Crippen LogP contribution in [0.25, 0.3) is 0 Å². The lowest BCUT2D eigenvalue weighted by Crippen LogP contribution is -2.26. The van der Waals surface area contributed by atoms with E-state index in [9.17, 15) is 8.42 Å². The van der Waals surface area contributed by atoms with Crippen LogP contribution in [0.4, 0.5) is 0 Å². The molecule has 1 heterocycles. The standard InChI is InChI=1S/C16H22N2O2S2/c1-12-17-11-14(21-12)9-10-18-22(19,20)15-7-5-13(6-8-15)16(2,3)4/h5-8,11,18H,9-10H2,1-4H3. The van der Waals surface area contributed by atoms with E-state index in [4.69, 9.17) is 0 Å². The number of sulfonamides is 1. The number of nitrogens with one attached hydrogen (secondary N) is 1. The summed E-state index contributed by atoms with van der Waals surface area (Å²) in [6, 6.07) is 7.09. The Bertz CT molecular complexity index is 726. The van der Waals surface area contributed by atoms with Crippen molar-refractivity contribution in [2.75, 3.05) is 6.54 Å². The predicted molar refractivity (Wildman–Crippen MR) is 90.9 cm³/mol. The van der Waals surface area contributed by atoms with Gasteiger partial charge < -0.3 is 0 Å². The van der Waals surface area contributed by atoms with E-state index in [1.165, 1.54) is 0 Å². The highest BCUT2D eigenvalue weighted by molar-refractivity contribution is 7.89. The molecule has 2 aromatic rings. The summed E-state index contributed by atoms with van der Waals surface area (Å²) >= 11 is 1.59. The molecular weight excluding hydrogens is 316 g/mol. The second-order valence-electron chi connectivity index (χ2n) is 6.27. The Balaban J connectivity index is 2.00. The van der Waals surface area contributed by atoms with Gasteiger partial charge in [0.25, 0.3) is 0 Å². The average molecular weight is 338 g/mol. The number of aryl methyl sites for hydroxylation is 1. The fourth-order valence-corrected chi connectivity index (χ4v) is 3.87. The number of hydrogen-bond acceptors (Lipinski definition) is 4. The molecule has 0 aliphatic rings. The Labute approximate surface area is 136 Å². The van der Waals surface area contributed by atoms with Crippen LogP contribution in [0.1, 0.15) is 36.2 Å². The summed E-state index contributed by atoms with van der Waals surface area (Å²) in [5.74, 6) is 0. The van der Waals surface area contributed by atoms with Crippen molar-refractivity contribution in [2.45, 2.75) is 44.4 Å². The lowest BCUT2D eigenvalue weighted by atomic mass is 9.87. The minimum absolute atomic E-state index is 0.0136. The third-order valence-electron chi connectivity index (χ3n) is 3.36. The summed E-state index contributed by atoms with van der Waals surface area (Å²) in [6.07, 6.45) is 2.46. The largest absolute Gasteiger partial charge is 0.250 e. The van der Waals surface area contributed by atoms with E-state index in [0.29, 0.717) is 17.9 Å². The quantitative estimate of drug-likeness (QED) is 0.910. The van der Waals surface area contributed by atoms with Crippen LogP contribution in [0.3, 0.4) is 0 Å². The van der Waals surface area contributed by atoms with Gasteiger partial charge >= 0.3 is 0 Å². The van der Waals surface area contributed by atoms with Crippen molar-refractivity contribution >= 4 is 21.4 Å². The zero-order valence-corrected chi connectivity index (χ0v) is 15.0. The Morgan fingerprint density at radius 3 is 2.32 bits per heavy atom. The summed E-state index contributed by atoms with van der Waals surface area (Å²) < 4.78 is 27.2. The van der Waals surface area contributed by atoms with Gasteiger partial charge in [0.1, 0.15) is 0 Å². The number of hydrogen-bond donors (Lipinski definition) is 1. The molecule has 0 atom stereocenters.